The lowest BCUT2D eigenvalue weighted by Gasteiger charge is -2.11. The number of para-hydroxylation sites is 2. The second-order valence-corrected chi connectivity index (χ2v) is 8.27. The number of fused-ring (bicyclic) bond motifs is 1. The highest BCUT2D eigenvalue weighted by Gasteiger charge is 2.11. The monoisotopic (exact) mass is 418 g/mol. The number of hydrogen-bond donors (Lipinski definition) is 0. The van der Waals surface area contributed by atoms with Gasteiger partial charge < -0.3 is 14.0 Å². The highest BCUT2D eigenvalue weighted by Crippen LogP contribution is 2.24. The molecule has 4 rings (SSSR count). The summed E-state index contributed by atoms with van der Waals surface area (Å²) in [6.45, 7) is 6.13. The van der Waals surface area contributed by atoms with Gasteiger partial charge in [0.2, 0.25) is 0 Å². The smallest absolute Gasteiger partial charge is 0.169 e. The molecule has 154 valence electrons. The van der Waals surface area contributed by atoms with E-state index in [2.05, 4.69) is 60.9 Å². The summed E-state index contributed by atoms with van der Waals surface area (Å²) in [5, 5.41) is 0.996. The van der Waals surface area contributed by atoms with Crippen LogP contribution in [0.1, 0.15) is 11.1 Å². The first-order chi connectivity index (χ1) is 14.7. The molecular weight excluding hydrogens is 392 g/mol. The molecule has 4 nitrogen and oxygen atoms in total. The predicted octanol–water partition coefficient (Wildman–Crippen LogP) is 5.90. The average Bonchev–Trinajstić information content (AvgIpc) is 3.11. The van der Waals surface area contributed by atoms with Crippen LogP contribution in [0.2, 0.25) is 0 Å². The van der Waals surface area contributed by atoms with Crippen molar-refractivity contribution in [2.75, 3.05) is 19.0 Å². The molecule has 0 unspecified atom stereocenters. The molecular formula is C25H26N2O2S. The van der Waals surface area contributed by atoms with Crippen LogP contribution in [0.15, 0.2) is 78.0 Å². The maximum Gasteiger partial charge on any atom is 0.169 e. The normalized spacial score (nSPS) is 11.0. The van der Waals surface area contributed by atoms with Crippen LogP contribution in [0.25, 0.3) is 11.0 Å². The quantitative estimate of drug-likeness (QED) is 0.250. The van der Waals surface area contributed by atoms with Crippen LogP contribution in [0.3, 0.4) is 0 Å². The Morgan fingerprint density at radius 2 is 1.37 bits per heavy atom. The van der Waals surface area contributed by atoms with Crippen molar-refractivity contribution in [1.29, 1.82) is 0 Å². The van der Waals surface area contributed by atoms with Gasteiger partial charge in [-0.15, -0.1) is 0 Å². The van der Waals surface area contributed by atoms with Gasteiger partial charge in [0, 0.05) is 5.75 Å². The van der Waals surface area contributed by atoms with Gasteiger partial charge in [0.1, 0.15) is 18.1 Å². The van der Waals surface area contributed by atoms with E-state index in [4.69, 9.17) is 14.5 Å². The maximum atomic E-state index is 5.95. The van der Waals surface area contributed by atoms with Crippen molar-refractivity contribution in [2.45, 2.75) is 25.5 Å². The molecule has 30 heavy (non-hydrogen) atoms. The number of ether oxygens (including phenoxy) is 2. The fraction of sp³-hybridized carbons (Fsp3) is 0.240. The molecule has 0 aliphatic rings. The molecule has 1 heterocycles. The number of hydrogen-bond acceptors (Lipinski definition) is 4. The number of nitrogens with zero attached hydrogens (tertiary/aromatic N) is 2. The number of rotatable bonds is 9. The number of aryl methyl sites for hydroxylation is 2. The Morgan fingerprint density at radius 1 is 0.767 bits per heavy atom. The minimum Gasteiger partial charge on any atom is -0.493 e. The number of benzene rings is 3. The van der Waals surface area contributed by atoms with Gasteiger partial charge in [-0.05, 0) is 50.2 Å². The molecule has 5 heteroatoms. The summed E-state index contributed by atoms with van der Waals surface area (Å²) in [4.78, 5) is 4.82. The Bertz CT molecular complexity index is 1090. The third kappa shape index (κ3) is 5.16. The SMILES string of the molecule is Cc1ccc(OCCSc2nc3ccccc3n2CCOc2ccc(C)cc2)cc1. The second-order valence-electron chi connectivity index (χ2n) is 7.21. The summed E-state index contributed by atoms with van der Waals surface area (Å²) in [5.41, 5.74) is 4.61. The molecule has 0 spiro atoms. The van der Waals surface area contributed by atoms with Gasteiger partial charge in [-0.2, -0.15) is 0 Å². The molecule has 1 aromatic heterocycles. The molecule has 0 atom stereocenters. The third-order valence-electron chi connectivity index (χ3n) is 4.83. The van der Waals surface area contributed by atoms with Crippen molar-refractivity contribution in [3.05, 3.63) is 83.9 Å². The summed E-state index contributed by atoms with van der Waals surface area (Å²) in [6, 6.07) is 24.6. The van der Waals surface area contributed by atoms with E-state index in [-0.39, 0.29) is 0 Å². The van der Waals surface area contributed by atoms with Crippen molar-refractivity contribution in [2.24, 2.45) is 0 Å². The van der Waals surface area contributed by atoms with Crippen molar-refractivity contribution in [1.82, 2.24) is 9.55 Å². The Kier molecular flexibility index (Phi) is 6.60. The lowest BCUT2D eigenvalue weighted by atomic mass is 10.2. The maximum absolute atomic E-state index is 5.95. The van der Waals surface area contributed by atoms with Crippen LogP contribution >= 0.6 is 11.8 Å². The largest absolute Gasteiger partial charge is 0.493 e. The van der Waals surface area contributed by atoms with Crippen molar-refractivity contribution in [3.63, 3.8) is 0 Å². The molecule has 0 aliphatic heterocycles. The number of imidazole rings is 1. The van der Waals surface area contributed by atoms with Crippen molar-refractivity contribution >= 4 is 22.8 Å². The zero-order valence-electron chi connectivity index (χ0n) is 17.4. The summed E-state index contributed by atoms with van der Waals surface area (Å²) in [6.07, 6.45) is 0. The number of aromatic nitrogens is 2. The van der Waals surface area contributed by atoms with Gasteiger partial charge in [-0.25, -0.2) is 4.98 Å². The van der Waals surface area contributed by atoms with Crippen LogP contribution in [-0.4, -0.2) is 28.5 Å². The topological polar surface area (TPSA) is 36.3 Å². The van der Waals surface area contributed by atoms with E-state index in [1.807, 2.05) is 30.3 Å². The Morgan fingerprint density at radius 3 is 2.03 bits per heavy atom. The molecule has 0 N–H and O–H groups in total. The minimum atomic E-state index is 0.594. The van der Waals surface area contributed by atoms with E-state index in [1.54, 1.807) is 11.8 Å². The fourth-order valence-corrected chi connectivity index (χ4v) is 4.05. The minimum absolute atomic E-state index is 0.594. The molecule has 4 aromatic rings. The number of thioether (sulfide) groups is 1. The van der Waals surface area contributed by atoms with Gasteiger partial charge >= 0.3 is 0 Å². The van der Waals surface area contributed by atoms with E-state index in [0.29, 0.717) is 13.2 Å². The van der Waals surface area contributed by atoms with Gasteiger partial charge in [0.25, 0.3) is 0 Å². The van der Waals surface area contributed by atoms with Crippen LogP contribution in [0.5, 0.6) is 11.5 Å². The van der Waals surface area contributed by atoms with E-state index in [9.17, 15) is 0 Å². The highest BCUT2D eigenvalue weighted by molar-refractivity contribution is 7.99. The van der Waals surface area contributed by atoms with E-state index in [1.165, 1.54) is 11.1 Å². The molecule has 0 radical (unpaired) electrons. The van der Waals surface area contributed by atoms with Crippen molar-refractivity contribution < 1.29 is 9.47 Å². The van der Waals surface area contributed by atoms with E-state index in [0.717, 1.165) is 40.0 Å². The average molecular weight is 419 g/mol. The second kappa shape index (κ2) is 9.72. The first-order valence-electron chi connectivity index (χ1n) is 10.2. The van der Waals surface area contributed by atoms with E-state index < -0.39 is 0 Å². The molecule has 0 amide bonds. The summed E-state index contributed by atoms with van der Waals surface area (Å²) >= 11 is 1.71. The molecule has 0 fully saturated rings. The van der Waals surface area contributed by atoms with Gasteiger partial charge in [0.05, 0.1) is 24.2 Å². The first kappa shape index (κ1) is 20.4. The van der Waals surface area contributed by atoms with Gasteiger partial charge in [-0.3, -0.25) is 0 Å². The molecule has 0 saturated carbocycles. The Labute approximate surface area is 181 Å². The molecule has 3 aromatic carbocycles. The summed E-state index contributed by atoms with van der Waals surface area (Å²) < 4.78 is 14.0. The molecule has 0 bridgehead atoms. The molecule has 0 saturated heterocycles. The Balaban J connectivity index is 1.38. The zero-order chi connectivity index (χ0) is 20.8. The van der Waals surface area contributed by atoms with Crippen LogP contribution in [0.4, 0.5) is 0 Å². The first-order valence-corrected chi connectivity index (χ1v) is 11.1. The highest BCUT2D eigenvalue weighted by atomic mass is 32.2. The third-order valence-corrected chi connectivity index (χ3v) is 5.77. The zero-order valence-corrected chi connectivity index (χ0v) is 18.2. The van der Waals surface area contributed by atoms with Gasteiger partial charge in [0.15, 0.2) is 5.16 Å². The molecule has 0 aliphatic carbocycles. The Hall–Kier alpha value is -2.92. The van der Waals surface area contributed by atoms with Crippen molar-refractivity contribution in [3.8, 4) is 11.5 Å². The standard InChI is InChI=1S/C25H26N2O2S/c1-19-7-11-21(12-8-19)28-16-15-27-24-6-4-3-5-23(24)26-25(27)30-18-17-29-22-13-9-20(2)10-14-22/h3-14H,15-18H2,1-2H3. The van der Waals surface area contributed by atoms with Crippen LogP contribution < -0.4 is 9.47 Å². The fourth-order valence-electron chi connectivity index (χ4n) is 3.20. The lowest BCUT2D eigenvalue weighted by molar-refractivity contribution is 0.295. The van der Waals surface area contributed by atoms with Crippen LogP contribution in [-0.2, 0) is 6.54 Å². The van der Waals surface area contributed by atoms with Crippen LogP contribution in [0, 0.1) is 13.8 Å². The summed E-state index contributed by atoms with van der Waals surface area (Å²) in [5.74, 6) is 2.63. The summed E-state index contributed by atoms with van der Waals surface area (Å²) in [7, 11) is 0. The lowest BCUT2D eigenvalue weighted by Crippen LogP contribution is -2.10. The van der Waals surface area contributed by atoms with E-state index >= 15 is 0 Å². The predicted molar refractivity (Wildman–Crippen MR) is 124 cm³/mol. The van der Waals surface area contributed by atoms with Gasteiger partial charge in [-0.1, -0.05) is 59.3 Å².